The van der Waals surface area contributed by atoms with Crippen molar-refractivity contribution in [2.75, 3.05) is 30.9 Å². The van der Waals surface area contributed by atoms with Gasteiger partial charge in [-0.2, -0.15) is 0 Å². The molecule has 128 valence electrons. The van der Waals surface area contributed by atoms with Crippen LogP contribution in [0.1, 0.15) is 46.6 Å². The number of nitrogens with one attached hydrogen (secondary N) is 1. The van der Waals surface area contributed by atoms with Crippen molar-refractivity contribution in [3.05, 3.63) is 23.8 Å². The van der Waals surface area contributed by atoms with E-state index >= 15 is 0 Å². The van der Waals surface area contributed by atoms with Crippen molar-refractivity contribution in [3.63, 3.8) is 0 Å². The van der Waals surface area contributed by atoms with Crippen LogP contribution in [0, 0.1) is 0 Å². The molecule has 23 heavy (non-hydrogen) atoms. The summed E-state index contributed by atoms with van der Waals surface area (Å²) < 4.78 is 0. The highest BCUT2D eigenvalue weighted by Gasteiger charge is 2.42. The van der Waals surface area contributed by atoms with Gasteiger partial charge in [0.15, 0.2) is 0 Å². The third-order valence-electron chi connectivity index (χ3n) is 5.06. The number of carbonyl (C=O) groups is 1. The Morgan fingerprint density at radius 2 is 2.00 bits per heavy atom. The van der Waals surface area contributed by atoms with Gasteiger partial charge in [0.25, 0.3) is 0 Å². The van der Waals surface area contributed by atoms with Crippen molar-refractivity contribution in [3.8, 4) is 0 Å². The van der Waals surface area contributed by atoms with Gasteiger partial charge < -0.3 is 15.1 Å². The molecule has 1 aliphatic heterocycles. The standard InChI is InChI=1S/C19H31N3O/c1-13(2)22-14(3)19(4,5)16-9-8-15(12-17(16)22)20-18(23)10-11-21(6)7/h8-9,12-14H,10-11H2,1-7H3,(H,20,23). The van der Waals surface area contributed by atoms with Gasteiger partial charge in [-0.15, -0.1) is 0 Å². The molecule has 0 fully saturated rings. The van der Waals surface area contributed by atoms with E-state index in [-0.39, 0.29) is 11.3 Å². The fraction of sp³-hybridized carbons (Fsp3) is 0.632. The van der Waals surface area contributed by atoms with Crippen LogP contribution < -0.4 is 10.2 Å². The lowest BCUT2D eigenvalue weighted by Gasteiger charge is -2.34. The number of hydrogen-bond donors (Lipinski definition) is 1. The zero-order valence-corrected chi connectivity index (χ0v) is 15.6. The Balaban J connectivity index is 2.23. The Hall–Kier alpha value is -1.55. The molecule has 0 bridgehead atoms. The van der Waals surface area contributed by atoms with Crippen LogP contribution in [0.2, 0.25) is 0 Å². The average Bonchev–Trinajstić information content (AvgIpc) is 2.64. The van der Waals surface area contributed by atoms with Crippen LogP contribution in [0.15, 0.2) is 18.2 Å². The van der Waals surface area contributed by atoms with Crippen LogP contribution in [0.3, 0.4) is 0 Å². The lowest BCUT2D eigenvalue weighted by Crippen LogP contribution is -2.42. The second-order valence-corrected chi connectivity index (χ2v) is 7.73. The maximum atomic E-state index is 12.1. The Kier molecular flexibility index (Phi) is 5.04. The number of rotatable bonds is 5. The van der Waals surface area contributed by atoms with Crippen molar-refractivity contribution in [1.82, 2.24) is 4.90 Å². The highest BCUT2D eigenvalue weighted by molar-refractivity contribution is 5.91. The minimum atomic E-state index is 0.0695. The number of hydrogen-bond acceptors (Lipinski definition) is 3. The maximum Gasteiger partial charge on any atom is 0.225 e. The van der Waals surface area contributed by atoms with E-state index in [0.29, 0.717) is 18.5 Å². The van der Waals surface area contributed by atoms with Gasteiger partial charge in [-0.05, 0) is 52.6 Å². The molecule has 0 saturated heterocycles. The maximum absolute atomic E-state index is 12.1. The molecule has 1 aliphatic rings. The van der Waals surface area contributed by atoms with Crippen LogP contribution >= 0.6 is 0 Å². The number of anilines is 2. The molecule has 2 rings (SSSR count). The van der Waals surface area contributed by atoms with Crippen LogP contribution in [0.25, 0.3) is 0 Å². The van der Waals surface area contributed by atoms with Gasteiger partial charge in [0.05, 0.1) is 0 Å². The molecule has 1 N–H and O–H groups in total. The van der Waals surface area contributed by atoms with E-state index in [4.69, 9.17) is 0 Å². The number of nitrogens with zero attached hydrogens (tertiary/aromatic N) is 2. The molecule has 0 spiro atoms. The molecule has 1 heterocycles. The molecule has 1 aromatic carbocycles. The van der Waals surface area contributed by atoms with E-state index in [1.165, 1.54) is 11.3 Å². The molecule has 4 heteroatoms. The van der Waals surface area contributed by atoms with Gasteiger partial charge in [0, 0.05) is 41.8 Å². The fourth-order valence-corrected chi connectivity index (χ4v) is 3.42. The summed E-state index contributed by atoms with van der Waals surface area (Å²) in [7, 11) is 3.96. The Morgan fingerprint density at radius 3 is 2.57 bits per heavy atom. The topological polar surface area (TPSA) is 35.6 Å². The summed E-state index contributed by atoms with van der Waals surface area (Å²) in [5, 5.41) is 3.04. The predicted molar refractivity (Wildman–Crippen MR) is 98.3 cm³/mol. The lowest BCUT2D eigenvalue weighted by atomic mass is 9.81. The van der Waals surface area contributed by atoms with E-state index in [1.54, 1.807) is 0 Å². The van der Waals surface area contributed by atoms with Gasteiger partial charge in [-0.3, -0.25) is 4.79 Å². The molecule has 0 aliphatic carbocycles. The monoisotopic (exact) mass is 317 g/mol. The third kappa shape index (κ3) is 3.52. The van der Waals surface area contributed by atoms with E-state index in [0.717, 1.165) is 12.2 Å². The zero-order chi connectivity index (χ0) is 17.4. The molecule has 4 nitrogen and oxygen atoms in total. The largest absolute Gasteiger partial charge is 0.365 e. The van der Waals surface area contributed by atoms with Gasteiger partial charge in [0.1, 0.15) is 0 Å². The smallest absolute Gasteiger partial charge is 0.225 e. The molecule has 1 aromatic rings. The number of fused-ring (bicyclic) bond motifs is 1. The van der Waals surface area contributed by atoms with Crippen LogP contribution in [0.4, 0.5) is 11.4 Å². The quantitative estimate of drug-likeness (QED) is 0.903. The first-order valence-electron chi connectivity index (χ1n) is 8.52. The van der Waals surface area contributed by atoms with Gasteiger partial charge in [-0.1, -0.05) is 19.9 Å². The van der Waals surface area contributed by atoms with Crippen molar-refractivity contribution in [2.24, 2.45) is 0 Å². The second kappa shape index (κ2) is 6.52. The van der Waals surface area contributed by atoms with E-state index in [2.05, 4.69) is 57.0 Å². The van der Waals surface area contributed by atoms with E-state index in [1.807, 2.05) is 25.1 Å². The molecule has 0 saturated carbocycles. The van der Waals surface area contributed by atoms with Crippen LogP contribution in [0.5, 0.6) is 0 Å². The van der Waals surface area contributed by atoms with Crippen molar-refractivity contribution >= 4 is 17.3 Å². The summed E-state index contributed by atoms with van der Waals surface area (Å²) in [6.07, 6.45) is 0.514. The Labute approximate surface area is 140 Å². The minimum absolute atomic E-state index is 0.0695. The summed E-state index contributed by atoms with van der Waals surface area (Å²) in [5.74, 6) is 0.0695. The summed E-state index contributed by atoms with van der Waals surface area (Å²) in [4.78, 5) is 16.6. The van der Waals surface area contributed by atoms with Gasteiger partial charge in [0.2, 0.25) is 5.91 Å². The highest BCUT2D eigenvalue weighted by Crippen LogP contribution is 2.46. The average molecular weight is 317 g/mol. The Bertz CT molecular complexity index is 578. The molecule has 0 radical (unpaired) electrons. The minimum Gasteiger partial charge on any atom is -0.365 e. The first-order valence-corrected chi connectivity index (χ1v) is 8.52. The first kappa shape index (κ1) is 17.8. The van der Waals surface area contributed by atoms with Crippen molar-refractivity contribution in [1.29, 1.82) is 0 Å². The summed E-state index contributed by atoms with van der Waals surface area (Å²) in [5.41, 5.74) is 3.63. The van der Waals surface area contributed by atoms with Gasteiger partial charge >= 0.3 is 0 Å². The van der Waals surface area contributed by atoms with Crippen molar-refractivity contribution < 1.29 is 4.79 Å². The molecular weight excluding hydrogens is 286 g/mol. The molecular formula is C19H31N3O. The summed E-state index contributed by atoms with van der Waals surface area (Å²) in [6, 6.07) is 7.22. The number of carbonyl (C=O) groups excluding carboxylic acids is 1. The van der Waals surface area contributed by atoms with Crippen molar-refractivity contribution in [2.45, 2.75) is 58.5 Å². The predicted octanol–water partition coefficient (Wildman–Crippen LogP) is 3.47. The lowest BCUT2D eigenvalue weighted by molar-refractivity contribution is -0.116. The second-order valence-electron chi connectivity index (χ2n) is 7.73. The van der Waals surface area contributed by atoms with Gasteiger partial charge in [-0.25, -0.2) is 0 Å². The van der Waals surface area contributed by atoms with Crippen LogP contribution in [-0.2, 0) is 10.2 Å². The third-order valence-corrected chi connectivity index (χ3v) is 5.06. The first-order chi connectivity index (χ1) is 10.6. The summed E-state index contributed by atoms with van der Waals surface area (Å²) >= 11 is 0. The summed E-state index contributed by atoms with van der Waals surface area (Å²) in [6.45, 7) is 12.1. The molecule has 1 atom stereocenters. The normalized spacial score (nSPS) is 19.3. The number of amides is 1. The Morgan fingerprint density at radius 1 is 1.35 bits per heavy atom. The van der Waals surface area contributed by atoms with Crippen LogP contribution in [-0.4, -0.2) is 43.5 Å². The number of benzene rings is 1. The molecule has 1 amide bonds. The molecule has 0 aromatic heterocycles. The van der Waals surface area contributed by atoms with E-state index in [9.17, 15) is 4.79 Å². The fourth-order valence-electron chi connectivity index (χ4n) is 3.42. The zero-order valence-electron chi connectivity index (χ0n) is 15.6. The van der Waals surface area contributed by atoms with E-state index < -0.39 is 0 Å². The SMILES string of the molecule is CC(C)N1c2cc(NC(=O)CCN(C)C)ccc2C(C)(C)C1C. The highest BCUT2D eigenvalue weighted by atomic mass is 16.1. The molecule has 1 unspecified atom stereocenters.